The summed E-state index contributed by atoms with van der Waals surface area (Å²) in [5.41, 5.74) is 5.04. The van der Waals surface area contributed by atoms with Crippen molar-refractivity contribution >= 4 is 5.91 Å². The number of carbonyl (C=O) groups excluding carboxylic acids is 1. The summed E-state index contributed by atoms with van der Waals surface area (Å²) in [6, 6.07) is 0.564. The molecule has 0 aliphatic heterocycles. The lowest BCUT2D eigenvalue weighted by molar-refractivity contribution is -0.118. The summed E-state index contributed by atoms with van der Waals surface area (Å²) in [5, 5.41) is 3.39. The topological polar surface area (TPSA) is 55.1 Å². The summed E-state index contributed by atoms with van der Waals surface area (Å²) < 4.78 is 0. The van der Waals surface area contributed by atoms with Crippen LogP contribution in [0.4, 0.5) is 0 Å². The van der Waals surface area contributed by atoms with Gasteiger partial charge in [-0.3, -0.25) is 4.79 Å². The first-order chi connectivity index (χ1) is 6.66. The molecular weight excluding hydrogens is 176 g/mol. The van der Waals surface area contributed by atoms with Crippen molar-refractivity contribution in [1.82, 2.24) is 5.32 Å². The third-order valence-electron chi connectivity index (χ3n) is 2.33. The number of primary amides is 1. The van der Waals surface area contributed by atoms with Gasteiger partial charge < -0.3 is 11.1 Å². The lowest BCUT2D eigenvalue weighted by Gasteiger charge is -2.12. The first kappa shape index (κ1) is 13.4. The van der Waals surface area contributed by atoms with Crippen LogP contribution in [0.15, 0.2) is 0 Å². The average molecular weight is 200 g/mol. The van der Waals surface area contributed by atoms with Gasteiger partial charge in [0.1, 0.15) is 0 Å². The summed E-state index contributed by atoms with van der Waals surface area (Å²) in [6.45, 7) is 5.31. The van der Waals surface area contributed by atoms with Gasteiger partial charge in [0, 0.05) is 12.5 Å². The van der Waals surface area contributed by atoms with Gasteiger partial charge in [-0.05, 0) is 26.3 Å². The van der Waals surface area contributed by atoms with E-state index in [0.29, 0.717) is 12.5 Å². The number of nitrogens with two attached hydrogens (primary N) is 1. The number of rotatable bonds is 9. The number of unbranched alkanes of at least 4 members (excludes halogenated alkanes) is 2. The molecule has 0 aliphatic rings. The molecule has 0 fully saturated rings. The zero-order valence-corrected chi connectivity index (χ0v) is 9.51. The third-order valence-corrected chi connectivity index (χ3v) is 2.33. The van der Waals surface area contributed by atoms with Gasteiger partial charge in [-0.25, -0.2) is 0 Å². The number of hydrogen-bond acceptors (Lipinski definition) is 2. The molecule has 0 bridgehead atoms. The van der Waals surface area contributed by atoms with E-state index in [4.69, 9.17) is 5.73 Å². The monoisotopic (exact) mass is 200 g/mol. The van der Waals surface area contributed by atoms with E-state index in [-0.39, 0.29) is 5.91 Å². The summed E-state index contributed by atoms with van der Waals surface area (Å²) in [6.07, 6.45) is 6.45. The molecular formula is C11H24N2O. The van der Waals surface area contributed by atoms with Crippen LogP contribution in [0.2, 0.25) is 0 Å². The second-order valence-corrected chi connectivity index (χ2v) is 3.92. The third kappa shape index (κ3) is 9.52. The summed E-state index contributed by atoms with van der Waals surface area (Å²) in [4.78, 5) is 10.4. The van der Waals surface area contributed by atoms with Crippen LogP contribution in [-0.2, 0) is 4.79 Å². The Balaban J connectivity index is 3.18. The maximum Gasteiger partial charge on any atom is 0.217 e. The lowest BCUT2D eigenvalue weighted by atomic mass is 10.1. The molecule has 0 spiro atoms. The molecule has 0 radical (unpaired) electrons. The van der Waals surface area contributed by atoms with Crippen LogP contribution < -0.4 is 11.1 Å². The van der Waals surface area contributed by atoms with Crippen molar-refractivity contribution in [3.63, 3.8) is 0 Å². The molecule has 0 rings (SSSR count). The zero-order valence-electron chi connectivity index (χ0n) is 9.51. The Hall–Kier alpha value is -0.570. The van der Waals surface area contributed by atoms with Crippen LogP contribution in [0.3, 0.4) is 0 Å². The number of hydrogen-bond donors (Lipinski definition) is 2. The van der Waals surface area contributed by atoms with Crippen molar-refractivity contribution in [2.45, 2.75) is 58.4 Å². The van der Waals surface area contributed by atoms with Crippen LogP contribution >= 0.6 is 0 Å². The van der Waals surface area contributed by atoms with Crippen molar-refractivity contribution in [1.29, 1.82) is 0 Å². The highest BCUT2D eigenvalue weighted by molar-refractivity contribution is 5.73. The maximum atomic E-state index is 10.4. The molecule has 0 aliphatic carbocycles. The fourth-order valence-electron chi connectivity index (χ4n) is 1.41. The Kier molecular flexibility index (Phi) is 8.64. The van der Waals surface area contributed by atoms with Crippen LogP contribution in [0.1, 0.15) is 52.4 Å². The van der Waals surface area contributed by atoms with Gasteiger partial charge in [-0.1, -0.05) is 26.2 Å². The van der Waals surface area contributed by atoms with Crippen molar-refractivity contribution in [3.8, 4) is 0 Å². The molecule has 0 aromatic rings. The minimum atomic E-state index is -0.203. The highest BCUT2D eigenvalue weighted by atomic mass is 16.1. The molecule has 14 heavy (non-hydrogen) atoms. The molecule has 0 aromatic carbocycles. The van der Waals surface area contributed by atoms with Crippen LogP contribution in [-0.4, -0.2) is 18.5 Å². The van der Waals surface area contributed by atoms with Crippen molar-refractivity contribution in [2.75, 3.05) is 6.54 Å². The van der Waals surface area contributed by atoms with Crippen LogP contribution in [0.5, 0.6) is 0 Å². The second kappa shape index (κ2) is 9.00. The van der Waals surface area contributed by atoms with Gasteiger partial charge in [-0.2, -0.15) is 0 Å². The Labute approximate surface area is 87.4 Å². The number of nitrogens with one attached hydrogen (secondary N) is 1. The first-order valence-corrected chi connectivity index (χ1v) is 5.68. The SMILES string of the molecule is CCCCCC(C)NCCCC(N)=O. The van der Waals surface area contributed by atoms with Gasteiger partial charge in [-0.15, -0.1) is 0 Å². The van der Waals surface area contributed by atoms with Crippen molar-refractivity contribution in [3.05, 3.63) is 0 Å². The van der Waals surface area contributed by atoms with Gasteiger partial charge in [0.05, 0.1) is 0 Å². The van der Waals surface area contributed by atoms with Gasteiger partial charge in [0.2, 0.25) is 5.91 Å². The average Bonchev–Trinajstić information content (AvgIpc) is 2.13. The first-order valence-electron chi connectivity index (χ1n) is 5.68. The van der Waals surface area contributed by atoms with Crippen molar-refractivity contribution in [2.24, 2.45) is 5.73 Å². The Morgan fingerprint density at radius 3 is 2.64 bits per heavy atom. The maximum absolute atomic E-state index is 10.4. The Bertz CT molecular complexity index is 148. The summed E-state index contributed by atoms with van der Waals surface area (Å²) in [5.74, 6) is -0.203. The Morgan fingerprint density at radius 2 is 2.07 bits per heavy atom. The molecule has 0 aromatic heterocycles. The van der Waals surface area contributed by atoms with Gasteiger partial charge >= 0.3 is 0 Å². The van der Waals surface area contributed by atoms with Crippen LogP contribution in [0.25, 0.3) is 0 Å². The molecule has 3 heteroatoms. The van der Waals surface area contributed by atoms with E-state index in [9.17, 15) is 4.79 Å². The van der Waals surface area contributed by atoms with Gasteiger partial charge in [0.25, 0.3) is 0 Å². The molecule has 1 unspecified atom stereocenters. The lowest BCUT2D eigenvalue weighted by Crippen LogP contribution is -2.27. The Morgan fingerprint density at radius 1 is 1.36 bits per heavy atom. The molecule has 3 N–H and O–H groups in total. The highest BCUT2D eigenvalue weighted by Crippen LogP contribution is 2.02. The largest absolute Gasteiger partial charge is 0.370 e. The molecule has 1 amide bonds. The number of carbonyl (C=O) groups is 1. The number of amides is 1. The fraction of sp³-hybridized carbons (Fsp3) is 0.909. The molecule has 0 saturated heterocycles. The molecule has 0 saturated carbocycles. The fourth-order valence-corrected chi connectivity index (χ4v) is 1.41. The quantitative estimate of drug-likeness (QED) is 0.558. The van der Waals surface area contributed by atoms with E-state index >= 15 is 0 Å². The molecule has 84 valence electrons. The van der Waals surface area contributed by atoms with E-state index < -0.39 is 0 Å². The molecule has 3 nitrogen and oxygen atoms in total. The van der Waals surface area contributed by atoms with Crippen LogP contribution in [0, 0.1) is 0 Å². The summed E-state index contributed by atoms with van der Waals surface area (Å²) >= 11 is 0. The predicted octanol–water partition coefficient (Wildman–Crippen LogP) is 1.81. The predicted molar refractivity (Wildman–Crippen MR) is 60.0 cm³/mol. The van der Waals surface area contributed by atoms with E-state index in [1.165, 1.54) is 25.7 Å². The van der Waals surface area contributed by atoms with E-state index in [2.05, 4.69) is 19.2 Å². The van der Waals surface area contributed by atoms with Gasteiger partial charge in [0.15, 0.2) is 0 Å². The van der Waals surface area contributed by atoms with E-state index in [1.807, 2.05) is 0 Å². The van der Waals surface area contributed by atoms with E-state index in [1.54, 1.807) is 0 Å². The van der Waals surface area contributed by atoms with Crippen molar-refractivity contribution < 1.29 is 4.79 Å². The minimum absolute atomic E-state index is 0.203. The minimum Gasteiger partial charge on any atom is -0.370 e. The molecule has 0 heterocycles. The molecule has 1 atom stereocenters. The summed E-state index contributed by atoms with van der Waals surface area (Å²) in [7, 11) is 0. The highest BCUT2D eigenvalue weighted by Gasteiger charge is 2.00. The normalized spacial score (nSPS) is 12.7. The second-order valence-electron chi connectivity index (χ2n) is 3.92. The smallest absolute Gasteiger partial charge is 0.217 e. The zero-order chi connectivity index (χ0) is 10.8. The van der Waals surface area contributed by atoms with E-state index in [0.717, 1.165) is 13.0 Å². The standard InChI is InChI=1S/C11H24N2O/c1-3-4-5-7-10(2)13-9-6-8-11(12)14/h10,13H,3-9H2,1-2H3,(H2,12,14).